The highest BCUT2D eigenvalue weighted by Crippen LogP contribution is 2.26. The van der Waals surface area contributed by atoms with Crippen molar-refractivity contribution < 1.29 is 22.7 Å². The molecule has 0 saturated carbocycles. The maximum absolute atomic E-state index is 12.4. The minimum Gasteiger partial charge on any atom is -0.490 e. The van der Waals surface area contributed by atoms with Gasteiger partial charge in [-0.15, -0.1) is 0 Å². The highest BCUT2D eigenvalue weighted by molar-refractivity contribution is 7.89. The number of ether oxygens (including phenoxy) is 2. The van der Waals surface area contributed by atoms with Gasteiger partial charge in [-0.3, -0.25) is 4.79 Å². The lowest BCUT2D eigenvalue weighted by molar-refractivity contribution is -0.134. The van der Waals surface area contributed by atoms with Gasteiger partial charge in [0.05, 0.1) is 12.4 Å². The highest BCUT2D eigenvalue weighted by Gasteiger charge is 2.25. The molecule has 0 aliphatic carbocycles. The van der Waals surface area contributed by atoms with Crippen LogP contribution in [-0.2, 0) is 14.8 Å². The van der Waals surface area contributed by atoms with Gasteiger partial charge in [0.1, 0.15) is 0 Å². The van der Waals surface area contributed by atoms with Crippen molar-refractivity contribution >= 4 is 15.9 Å². The molecular formula is C18H28N2O5S. The summed E-state index contributed by atoms with van der Waals surface area (Å²) in [4.78, 5) is 14.1. The summed E-state index contributed by atoms with van der Waals surface area (Å²) >= 11 is 0. The molecule has 1 heterocycles. The van der Waals surface area contributed by atoms with E-state index in [1.807, 2.05) is 26.0 Å². The first-order valence-corrected chi connectivity index (χ1v) is 10.7. The quantitative estimate of drug-likeness (QED) is 0.702. The number of sulfonamides is 1. The van der Waals surface area contributed by atoms with E-state index >= 15 is 0 Å². The second-order valence-corrected chi connectivity index (χ2v) is 8.13. The number of likely N-dealkylation sites (tertiary alicyclic amines) is 1. The number of carbonyl (C=O) groups excluding carboxylic acids is 1. The molecular weight excluding hydrogens is 356 g/mol. The smallest absolute Gasteiger partial charge is 0.260 e. The van der Waals surface area contributed by atoms with Crippen LogP contribution >= 0.6 is 0 Å². The molecule has 1 aliphatic rings. The fourth-order valence-electron chi connectivity index (χ4n) is 2.90. The Kier molecular flexibility index (Phi) is 7.71. The predicted molar refractivity (Wildman–Crippen MR) is 99.9 cm³/mol. The lowest BCUT2D eigenvalue weighted by atomic mass is 10.1. The number of piperidine rings is 1. The Morgan fingerprint density at radius 1 is 1.15 bits per heavy atom. The zero-order valence-corrected chi connectivity index (χ0v) is 16.3. The predicted octanol–water partition coefficient (Wildman–Crippen LogP) is 1.78. The van der Waals surface area contributed by atoms with Crippen molar-refractivity contribution in [2.45, 2.75) is 39.2 Å². The average Bonchev–Trinajstić information content (AvgIpc) is 2.61. The summed E-state index contributed by atoms with van der Waals surface area (Å²) in [6.45, 7) is 5.24. The zero-order valence-electron chi connectivity index (χ0n) is 15.4. The van der Waals surface area contributed by atoms with Gasteiger partial charge in [-0.25, -0.2) is 13.1 Å². The maximum atomic E-state index is 12.4. The Morgan fingerprint density at radius 2 is 1.77 bits per heavy atom. The monoisotopic (exact) mass is 384 g/mol. The summed E-state index contributed by atoms with van der Waals surface area (Å²) in [5, 5.41) is 0. The third-order valence-corrected chi connectivity index (χ3v) is 5.81. The van der Waals surface area contributed by atoms with E-state index in [9.17, 15) is 13.2 Å². The van der Waals surface area contributed by atoms with Gasteiger partial charge < -0.3 is 14.4 Å². The van der Waals surface area contributed by atoms with Crippen molar-refractivity contribution in [2.75, 3.05) is 32.1 Å². The van der Waals surface area contributed by atoms with E-state index in [0.717, 1.165) is 0 Å². The van der Waals surface area contributed by atoms with Crippen molar-refractivity contribution in [2.24, 2.45) is 0 Å². The summed E-state index contributed by atoms with van der Waals surface area (Å²) < 4.78 is 37.5. The molecule has 1 N–H and O–H groups in total. The SMILES string of the molecule is CCCS(=O)(=O)NC1CCN(C(=O)COc2ccccc2OCC)CC1. The number of carbonyl (C=O) groups is 1. The van der Waals surface area contributed by atoms with Crippen LogP contribution in [0.1, 0.15) is 33.1 Å². The molecule has 1 aromatic carbocycles. The van der Waals surface area contributed by atoms with Crippen LogP contribution in [0.15, 0.2) is 24.3 Å². The first-order valence-electron chi connectivity index (χ1n) is 9.07. The molecule has 0 radical (unpaired) electrons. The van der Waals surface area contributed by atoms with E-state index in [2.05, 4.69) is 4.72 Å². The molecule has 0 aromatic heterocycles. The summed E-state index contributed by atoms with van der Waals surface area (Å²) in [7, 11) is -3.22. The van der Waals surface area contributed by atoms with Crippen LogP contribution in [0.3, 0.4) is 0 Å². The second-order valence-electron chi connectivity index (χ2n) is 6.26. The van der Waals surface area contributed by atoms with Gasteiger partial charge in [-0.2, -0.15) is 0 Å². The number of para-hydroxylation sites is 2. The average molecular weight is 384 g/mol. The Morgan fingerprint density at radius 3 is 2.35 bits per heavy atom. The van der Waals surface area contributed by atoms with Gasteiger partial charge in [0, 0.05) is 19.1 Å². The van der Waals surface area contributed by atoms with E-state index in [1.54, 1.807) is 17.0 Å². The summed E-state index contributed by atoms with van der Waals surface area (Å²) in [6, 6.07) is 7.15. The Bertz CT molecular complexity index is 685. The fourth-order valence-corrected chi connectivity index (χ4v) is 4.30. The van der Waals surface area contributed by atoms with E-state index < -0.39 is 10.0 Å². The first kappa shape index (κ1) is 20.5. The number of hydrogen-bond acceptors (Lipinski definition) is 5. The van der Waals surface area contributed by atoms with Gasteiger partial charge in [-0.1, -0.05) is 19.1 Å². The van der Waals surface area contributed by atoms with E-state index in [-0.39, 0.29) is 24.3 Å². The highest BCUT2D eigenvalue weighted by atomic mass is 32.2. The molecule has 0 bridgehead atoms. The molecule has 1 amide bonds. The Labute approximate surface area is 155 Å². The lowest BCUT2D eigenvalue weighted by Gasteiger charge is -2.32. The molecule has 0 unspecified atom stereocenters. The third-order valence-electron chi connectivity index (χ3n) is 4.17. The zero-order chi connectivity index (χ0) is 19.0. The van der Waals surface area contributed by atoms with Crippen LogP contribution in [0.25, 0.3) is 0 Å². The topological polar surface area (TPSA) is 84.9 Å². The third kappa shape index (κ3) is 6.17. The summed E-state index contributed by atoms with van der Waals surface area (Å²) in [6.07, 6.45) is 1.82. The van der Waals surface area contributed by atoms with Crippen molar-refractivity contribution in [1.82, 2.24) is 9.62 Å². The largest absolute Gasteiger partial charge is 0.490 e. The van der Waals surface area contributed by atoms with Crippen molar-refractivity contribution in [3.05, 3.63) is 24.3 Å². The van der Waals surface area contributed by atoms with Crippen LogP contribution in [0, 0.1) is 0 Å². The van der Waals surface area contributed by atoms with Gasteiger partial charge >= 0.3 is 0 Å². The number of nitrogens with one attached hydrogen (secondary N) is 1. The molecule has 7 nitrogen and oxygen atoms in total. The fraction of sp³-hybridized carbons (Fsp3) is 0.611. The van der Waals surface area contributed by atoms with E-state index in [0.29, 0.717) is 50.5 Å². The Hall–Kier alpha value is -1.80. The van der Waals surface area contributed by atoms with Crippen LogP contribution in [0.2, 0.25) is 0 Å². The minimum absolute atomic E-state index is 0.0592. The van der Waals surface area contributed by atoms with Crippen molar-refractivity contribution in [3.63, 3.8) is 0 Å². The molecule has 146 valence electrons. The minimum atomic E-state index is -3.22. The van der Waals surface area contributed by atoms with Gasteiger partial charge in [0.25, 0.3) is 5.91 Å². The summed E-state index contributed by atoms with van der Waals surface area (Å²) in [5.74, 6) is 1.20. The second kappa shape index (κ2) is 9.78. The van der Waals surface area contributed by atoms with Crippen LogP contribution in [-0.4, -0.2) is 57.3 Å². The lowest BCUT2D eigenvalue weighted by Crippen LogP contribution is -2.48. The molecule has 1 aliphatic heterocycles. The standard InChI is InChI=1S/C18H28N2O5S/c1-3-13-26(22,23)19-15-9-11-20(12-10-15)18(21)14-25-17-8-6-5-7-16(17)24-4-2/h5-8,15,19H,3-4,9-14H2,1-2H3. The number of amides is 1. The molecule has 0 atom stereocenters. The van der Waals surface area contributed by atoms with Crippen LogP contribution in [0.5, 0.6) is 11.5 Å². The van der Waals surface area contributed by atoms with Gasteiger partial charge in [0.2, 0.25) is 10.0 Å². The number of hydrogen-bond donors (Lipinski definition) is 1. The number of rotatable bonds is 9. The first-order chi connectivity index (χ1) is 12.4. The number of nitrogens with zero attached hydrogens (tertiary/aromatic N) is 1. The van der Waals surface area contributed by atoms with E-state index in [4.69, 9.17) is 9.47 Å². The molecule has 2 rings (SSSR count). The van der Waals surface area contributed by atoms with Crippen molar-refractivity contribution in [3.8, 4) is 11.5 Å². The summed E-state index contributed by atoms with van der Waals surface area (Å²) in [5.41, 5.74) is 0. The van der Waals surface area contributed by atoms with Gasteiger partial charge in [-0.05, 0) is 38.3 Å². The molecule has 1 saturated heterocycles. The van der Waals surface area contributed by atoms with Crippen LogP contribution < -0.4 is 14.2 Å². The molecule has 8 heteroatoms. The van der Waals surface area contributed by atoms with Gasteiger partial charge in [0.15, 0.2) is 18.1 Å². The number of benzene rings is 1. The maximum Gasteiger partial charge on any atom is 0.260 e. The molecule has 26 heavy (non-hydrogen) atoms. The Balaban J connectivity index is 1.80. The normalized spacial score (nSPS) is 15.7. The molecule has 0 spiro atoms. The molecule has 1 fully saturated rings. The van der Waals surface area contributed by atoms with Crippen LogP contribution in [0.4, 0.5) is 0 Å². The van der Waals surface area contributed by atoms with E-state index in [1.165, 1.54) is 0 Å². The van der Waals surface area contributed by atoms with Crippen molar-refractivity contribution in [1.29, 1.82) is 0 Å². The molecule has 1 aromatic rings.